The number of anilines is 1. The van der Waals surface area contributed by atoms with E-state index >= 15 is 0 Å². The minimum atomic E-state index is -3.19. The molecule has 1 saturated heterocycles. The molecular weight excluding hydrogens is 444 g/mol. The highest BCUT2D eigenvalue weighted by Gasteiger charge is 2.64. The van der Waals surface area contributed by atoms with Crippen molar-refractivity contribution in [1.82, 2.24) is 4.98 Å². The third-order valence-corrected chi connectivity index (χ3v) is 8.56. The topological polar surface area (TPSA) is 59.5 Å². The van der Waals surface area contributed by atoms with Gasteiger partial charge >= 0.3 is 0 Å². The predicted octanol–water partition coefficient (Wildman–Crippen LogP) is 5.17. The first-order chi connectivity index (χ1) is 16.3. The Hall–Kier alpha value is -3.12. The Balaban J connectivity index is 1.22. The third kappa shape index (κ3) is 4.23. The summed E-state index contributed by atoms with van der Waals surface area (Å²) in [6.07, 6.45) is 6.41. The normalized spacial score (nSPS) is 23.8. The maximum absolute atomic E-state index is 11.7. The first-order valence-electron chi connectivity index (χ1n) is 11.6. The molecule has 0 radical (unpaired) electrons. The molecule has 0 amide bonds. The van der Waals surface area contributed by atoms with Gasteiger partial charge in [0.1, 0.15) is 11.6 Å². The van der Waals surface area contributed by atoms with E-state index in [2.05, 4.69) is 41.6 Å². The highest BCUT2D eigenvalue weighted by molar-refractivity contribution is 7.90. The molecular formula is C28H30N2O3S. The summed E-state index contributed by atoms with van der Waals surface area (Å²) in [7, 11) is -3.19. The second kappa shape index (κ2) is 8.58. The van der Waals surface area contributed by atoms with E-state index in [1.807, 2.05) is 42.6 Å². The number of benzene rings is 2. The number of rotatable bonds is 7. The lowest BCUT2D eigenvalue weighted by Crippen LogP contribution is -2.36. The Kier molecular flexibility index (Phi) is 5.72. The number of piperidine rings is 1. The minimum absolute atomic E-state index is 0.0894. The van der Waals surface area contributed by atoms with Crippen LogP contribution < -0.4 is 9.64 Å². The molecule has 2 aromatic carbocycles. The van der Waals surface area contributed by atoms with Crippen molar-refractivity contribution in [3.63, 3.8) is 0 Å². The van der Waals surface area contributed by atoms with E-state index in [4.69, 9.17) is 4.74 Å². The van der Waals surface area contributed by atoms with Crippen molar-refractivity contribution in [2.24, 2.45) is 17.3 Å². The number of hydrogen-bond acceptors (Lipinski definition) is 5. The van der Waals surface area contributed by atoms with E-state index in [9.17, 15) is 8.42 Å². The number of aryl methyl sites for hydroxylation is 1. The van der Waals surface area contributed by atoms with Crippen LogP contribution >= 0.6 is 0 Å². The van der Waals surface area contributed by atoms with Crippen LogP contribution in [0, 0.1) is 24.2 Å². The molecule has 3 atom stereocenters. The Morgan fingerprint density at radius 1 is 1.09 bits per heavy atom. The van der Waals surface area contributed by atoms with Crippen LogP contribution in [0.25, 0.3) is 11.1 Å². The van der Waals surface area contributed by atoms with Gasteiger partial charge in [-0.25, -0.2) is 13.4 Å². The molecule has 0 bridgehead atoms. The molecule has 176 valence electrons. The number of fused-ring (bicyclic) bond motifs is 1. The minimum Gasteiger partial charge on any atom is -0.493 e. The predicted molar refractivity (Wildman–Crippen MR) is 136 cm³/mol. The van der Waals surface area contributed by atoms with E-state index in [1.165, 1.54) is 11.8 Å². The van der Waals surface area contributed by atoms with Crippen LogP contribution in [-0.4, -0.2) is 39.4 Å². The van der Waals surface area contributed by atoms with Gasteiger partial charge in [0, 0.05) is 36.9 Å². The largest absolute Gasteiger partial charge is 0.493 e. The fourth-order valence-corrected chi connectivity index (χ4v) is 5.97. The highest BCUT2D eigenvalue weighted by Crippen LogP contribution is 2.63. The lowest BCUT2D eigenvalue weighted by atomic mass is 9.96. The number of hydrogen-bond donors (Lipinski definition) is 0. The first-order valence-corrected chi connectivity index (χ1v) is 13.5. The van der Waals surface area contributed by atoms with E-state index in [0.717, 1.165) is 42.2 Å². The Morgan fingerprint density at radius 2 is 1.76 bits per heavy atom. The first kappa shape index (κ1) is 22.7. The van der Waals surface area contributed by atoms with Gasteiger partial charge in [0.25, 0.3) is 0 Å². The summed E-state index contributed by atoms with van der Waals surface area (Å²) in [6.45, 7) is 8.86. The van der Waals surface area contributed by atoms with Crippen LogP contribution in [-0.2, 0) is 9.84 Å². The Bertz CT molecular complexity index is 1280. The van der Waals surface area contributed by atoms with Gasteiger partial charge in [0.15, 0.2) is 9.84 Å². The molecule has 2 heterocycles. The lowest BCUT2D eigenvalue weighted by molar-refractivity contribution is 0.281. The number of ether oxygens (including phenoxy) is 1. The number of nitrogens with zero attached hydrogens (tertiary/aromatic N) is 2. The Labute approximate surface area is 202 Å². The standard InChI is InChI=1S/C28H30N2O3S/c1-4-28-19-30(27-14-5-20(2)17-29-27)16-15-25(28)26(28)18-33-23-10-6-21(7-11-23)22-8-12-24(13-9-22)34(3,31)32/h4-14,17,25-26H,1,15-16,18-19H2,2-3H3. The van der Waals surface area contributed by atoms with Crippen LogP contribution in [0.5, 0.6) is 5.75 Å². The van der Waals surface area contributed by atoms with Crippen molar-refractivity contribution in [3.05, 3.63) is 85.1 Å². The maximum Gasteiger partial charge on any atom is 0.175 e. The number of aromatic nitrogens is 1. The van der Waals surface area contributed by atoms with Crippen LogP contribution in [0.3, 0.4) is 0 Å². The van der Waals surface area contributed by atoms with Crippen LogP contribution in [0.4, 0.5) is 5.82 Å². The average Bonchev–Trinajstić information content (AvgIpc) is 3.50. The lowest BCUT2D eigenvalue weighted by Gasteiger charge is -2.32. The molecule has 0 N–H and O–H groups in total. The SMILES string of the molecule is C=CC12CN(c3ccc(C)cn3)CCC1C2COc1ccc(-c2ccc(S(C)(=O)=O)cc2)cc1. The Morgan fingerprint density at radius 3 is 2.35 bits per heavy atom. The second-order valence-corrected chi connectivity index (χ2v) is 11.6. The van der Waals surface area contributed by atoms with Crippen molar-refractivity contribution in [1.29, 1.82) is 0 Å². The molecule has 1 aliphatic heterocycles. The van der Waals surface area contributed by atoms with Gasteiger partial charge in [-0.05, 0) is 66.3 Å². The quantitative estimate of drug-likeness (QED) is 0.442. The molecule has 1 saturated carbocycles. The highest BCUT2D eigenvalue weighted by atomic mass is 32.2. The van der Waals surface area contributed by atoms with Crippen molar-refractivity contribution in [3.8, 4) is 16.9 Å². The number of sulfone groups is 1. The van der Waals surface area contributed by atoms with Crippen molar-refractivity contribution in [2.75, 3.05) is 30.9 Å². The van der Waals surface area contributed by atoms with Gasteiger partial charge in [-0.1, -0.05) is 36.4 Å². The molecule has 34 heavy (non-hydrogen) atoms. The van der Waals surface area contributed by atoms with Gasteiger partial charge in [0.05, 0.1) is 11.5 Å². The number of pyridine rings is 1. The maximum atomic E-state index is 11.7. The summed E-state index contributed by atoms with van der Waals surface area (Å²) in [5, 5.41) is 0. The van der Waals surface area contributed by atoms with Gasteiger partial charge in [-0.15, -0.1) is 6.58 Å². The molecule has 5 rings (SSSR count). The molecule has 0 spiro atoms. The van der Waals surface area contributed by atoms with E-state index < -0.39 is 9.84 Å². The van der Waals surface area contributed by atoms with Gasteiger partial charge in [-0.2, -0.15) is 0 Å². The van der Waals surface area contributed by atoms with Crippen LogP contribution in [0.1, 0.15) is 12.0 Å². The molecule has 2 fully saturated rings. The molecule has 6 heteroatoms. The molecule has 3 aromatic rings. The van der Waals surface area contributed by atoms with Crippen molar-refractivity contribution < 1.29 is 13.2 Å². The summed E-state index contributed by atoms with van der Waals surface area (Å²) >= 11 is 0. The smallest absolute Gasteiger partial charge is 0.175 e. The zero-order chi connectivity index (χ0) is 23.9. The second-order valence-electron chi connectivity index (χ2n) is 9.57. The zero-order valence-corrected chi connectivity index (χ0v) is 20.5. The van der Waals surface area contributed by atoms with Crippen LogP contribution in [0.15, 0.2) is 84.4 Å². The molecule has 3 unspecified atom stereocenters. The molecule has 2 aliphatic rings. The fourth-order valence-electron chi connectivity index (χ4n) is 5.34. The average molecular weight is 475 g/mol. The van der Waals surface area contributed by atoms with E-state index in [1.54, 1.807) is 12.1 Å². The van der Waals surface area contributed by atoms with Crippen LogP contribution in [0.2, 0.25) is 0 Å². The monoisotopic (exact) mass is 474 g/mol. The summed E-state index contributed by atoms with van der Waals surface area (Å²) in [5.74, 6) is 2.96. The molecule has 1 aliphatic carbocycles. The van der Waals surface area contributed by atoms with Gasteiger partial charge < -0.3 is 9.64 Å². The zero-order valence-electron chi connectivity index (χ0n) is 19.6. The summed E-state index contributed by atoms with van der Waals surface area (Å²) in [6, 6.07) is 19.2. The van der Waals surface area contributed by atoms with E-state index in [0.29, 0.717) is 23.3 Å². The third-order valence-electron chi connectivity index (χ3n) is 7.43. The van der Waals surface area contributed by atoms with Crippen molar-refractivity contribution >= 4 is 15.7 Å². The van der Waals surface area contributed by atoms with E-state index in [-0.39, 0.29) is 5.41 Å². The van der Waals surface area contributed by atoms with Gasteiger partial charge in [0.2, 0.25) is 0 Å². The van der Waals surface area contributed by atoms with Crippen molar-refractivity contribution in [2.45, 2.75) is 18.2 Å². The summed E-state index contributed by atoms with van der Waals surface area (Å²) in [5.41, 5.74) is 3.26. The molecule has 5 nitrogen and oxygen atoms in total. The molecule has 1 aromatic heterocycles. The fraction of sp³-hybridized carbons (Fsp3) is 0.321. The van der Waals surface area contributed by atoms with Gasteiger partial charge in [-0.3, -0.25) is 0 Å². The summed E-state index contributed by atoms with van der Waals surface area (Å²) < 4.78 is 29.5. The summed E-state index contributed by atoms with van der Waals surface area (Å²) in [4.78, 5) is 7.32.